The fourth-order valence-electron chi connectivity index (χ4n) is 3.54. The molecule has 0 N–H and O–H groups in total. The van der Waals surface area contributed by atoms with E-state index in [1.54, 1.807) is 24.3 Å². The van der Waals surface area contributed by atoms with Gasteiger partial charge in [-0.05, 0) is 48.4 Å². The van der Waals surface area contributed by atoms with Gasteiger partial charge in [-0.3, -0.25) is 4.79 Å². The minimum Gasteiger partial charge on any atom is -0.353 e. The van der Waals surface area contributed by atoms with Gasteiger partial charge in [0.2, 0.25) is 5.91 Å². The third kappa shape index (κ3) is 4.39. The molecule has 2 aromatic carbocycles. The quantitative estimate of drug-likeness (QED) is 0.540. The van der Waals surface area contributed by atoms with Crippen LogP contribution in [0.25, 0.3) is 17.0 Å². The monoisotopic (exact) mass is 425 g/mol. The number of pyridine rings is 1. The van der Waals surface area contributed by atoms with Crippen LogP contribution < -0.4 is 4.90 Å². The van der Waals surface area contributed by atoms with Crippen LogP contribution in [0.3, 0.4) is 0 Å². The summed E-state index contributed by atoms with van der Waals surface area (Å²) in [5, 5.41) is 2.16. The topological polar surface area (TPSA) is 36.4 Å². The number of fused-ring (bicyclic) bond motifs is 1. The predicted octanol–water partition coefficient (Wildman–Crippen LogP) is 5.21. The minimum atomic E-state index is -0.00151. The number of rotatable bonds is 3. The number of anilines is 1. The second-order valence-electron chi connectivity index (χ2n) is 7.13. The number of para-hydroxylation sites is 1. The van der Waals surface area contributed by atoms with Crippen LogP contribution in [0.4, 0.5) is 5.82 Å². The van der Waals surface area contributed by atoms with Crippen LogP contribution >= 0.6 is 23.2 Å². The zero-order valence-corrected chi connectivity index (χ0v) is 17.6. The van der Waals surface area contributed by atoms with E-state index in [-0.39, 0.29) is 5.91 Å². The fraction of sp³-hybridized carbons (Fsp3) is 0.217. The van der Waals surface area contributed by atoms with E-state index in [4.69, 9.17) is 28.2 Å². The van der Waals surface area contributed by atoms with E-state index in [1.807, 2.05) is 29.2 Å². The third-order valence-electron chi connectivity index (χ3n) is 5.19. The van der Waals surface area contributed by atoms with Crippen LogP contribution in [-0.4, -0.2) is 42.0 Å². The molecular weight excluding hydrogens is 405 g/mol. The van der Waals surface area contributed by atoms with E-state index in [1.165, 1.54) is 10.9 Å². The van der Waals surface area contributed by atoms with Crippen molar-refractivity contribution in [2.45, 2.75) is 6.92 Å². The van der Waals surface area contributed by atoms with Gasteiger partial charge in [0.25, 0.3) is 0 Å². The SMILES string of the molecule is Cc1cc(N2CCN(C(=O)/C=C/c3ccc(Cl)c(Cl)c3)CC2)nc2ccccc12. The van der Waals surface area contributed by atoms with Gasteiger partial charge < -0.3 is 9.80 Å². The van der Waals surface area contributed by atoms with E-state index in [9.17, 15) is 4.79 Å². The molecule has 3 aromatic rings. The van der Waals surface area contributed by atoms with Gasteiger partial charge in [0.1, 0.15) is 5.82 Å². The number of carbonyl (C=O) groups is 1. The summed E-state index contributed by atoms with van der Waals surface area (Å²) in [5.74, 6) is 0.970. The average molecular weight is 426 g/mol. The first-order valence-corrected chi connectivity index (χ1v) is 10.3. The lowest BCUT2D eigenvalue weighted by molar-refractivity contribution is -0.126. The molecule has 0 spiro atoms. The highest BCUT2D eigenvalue weighted by atomic mass is 35.5. The number of piperazine rings is 1. The molecule has 1 fully saturated rings. The van der Waals surface area contributed by atoms with Crippen molar-refractivity contribution in [3.05, 3.63) is 75.8 Å². The van der Waals surface area contributed by atoms with Crippen molar-refractivity contribution in [1.29, 1.82) is 0 Å². The van der Waals surface area contributed by atoms with Gasteiger partial charge in [0.05, 0.1) is 15.6 Å². The van der Waals surface area contributed by atoms with E-state index in [0.717, 1.165) is 30.0 Å². The number of hydrogen-bond acceptors (Lipinski definition) is 3. The molecule has 4 nitrogen and oxygen atoms in total. The molecule has 148 valence electrons. The van der Waals surface area contributed by atoms with E-state index in [0.29, 0.717) is 23.1 Å². The molecule has 1 aromatic heterocycles. The van der Waals surface area contributed by atoms with Gasteiger partial charge in [-0.15, -0.1) is 0 Å². The molecule has 1 saturated heterocycles. The second kappa shape index (κ2) is 8.44. The molecule has 2 heterocycles. The van der Waals surface area contributed by atoms with Gasteiger partial charge in [0.15, 0.2) is 0 Å². The van der Waals surface area contributed by atoms with E-state index < -0.39 is 0 Å². The molecule has 1 aliphatic heterocycles. The molecule has 4 rings (SSSR count). The molecular formula is C23H21Cl2N3O. The summed E-state index contributed by atoms with van der Waals surface area (Å²) in [4.78, 5) is 21.4. The van der Waals surface area contributed by atoms with Crippen LogP contribution in [0.15, 0.2) is 54.6 Å². The first-order chi connectivity index (χ1) is 14.0. The molecule has 1 amide bonds. The molecule has 29 heavy (non-hydrogen) atoms. The minimum absolute atomic E-state index is 0.00151. The number of benzene rings is 2. The number of aromatic nitrogens is 1. The summed E-state index contributed by atoms with van der Waals surface area (Å²) in [6.07, 6.45) is 3.36. The third-order valence-corrected chi connectivity index (χ3v) is 5.93. The molecule has 0 aliphatic carbocycles. The highest BCUT2D eigenvalue weighted by Crippen LogP contribution is 2.24. The Morgan fingerprint density at radius 1 is 1.00 bits per heavy atom. The normalized spacial score (nSPS) is 14.7. The van der Waals surface area contributed by atoms with Crippen molar-refractivity contribution in [1.82, 2.24) is 9.88 Å². The highest BCUT2D eigenvalue weighted by Gasteiger charge is 2.21. The summed E-state index contributed by atoms with van der Waals surface area (Å²) in [6.45, 7) is 4.96. The number of halogens is 2. The van der Waals surface area contributed by atoms with Crippen molar-refractivity contribution >= 4 is 51.9 Å². The summed E-state index contributed by atoms with van der Waals surface area (Å²) >= 11 is 12.0. The Morgan fingerprint density at radius 2 is 1.76 bits per heavy atom. The first-order valence-electron chi connectivity index (χ1n) is 9.54. The number of carbonyl (C=O) groups excluding carboxylic acids is 1. The van der Waals surface area contributed by atoms with Crippen molar-refractivity contribution in [2.75, 3.05) is 31.1 Å². The zero-order chi connectivity index (χ0) is 20.4. The predicted molar refractivity (Wildman–Crippen MR) is 121 cm³/mol. The summed E-state index contributed by atoms with van der Waals surface area (Å²) in [5.41, 5.74) is 3.07. The largest absolute Gasteiger partial charge is 0.353 e. The Kier molecular flexibility index (Phi) is 5.74. The van der Waals surface area contributed by atoms with Crippen molar-refractivity contribution in [3.63, 3.8) is 0 Å². The van der Waals surface area contributed by atoms with Gasteiger partial charge in [-0.1, -0.05) is 47.5 Å². The smallest absolute Gasteiger partial charge is 0.246 e. The van der Waals surface area contributed by atoms with E-state index in [2.05, 4.69) is 24.0 Å². The fourth-order valence-corrected chi connectivity index (χ4v) is 3.85. The molecule has 0 bridgehead atoms. The molecule has 0 unspecified atom stereocenters. The van der Waals surface area contributed by atoms with Crippen LogP contribution in [-0.2, 0) is 4.79 Å². The number of nitrogens with zero attached hydrogens (tertiary/aromatic N) is 3. The molecule has 0 atom stereocenters. The Bertz CT molecular complexity index is 1090. The molecule has 0 saturated carbocycles. The Labute approximate surface area is 180 Å². The van der Waals surface area contributed by atoms with Crippen LogP contribution in [0.5, 0.6) is 0 Å². The lowest BCUT2D eigenvalue weighted by Crippen LogP contribution is -2.48. The highest BCUT2D eigenvalue weighted by molar-refractivity contribution is 6.42. The maximum absolute atomic E-state index is 12.5. The maximum Gasteiger partial charge on any atom is 0.246 e. The van der Waals surface area contributed by atoms with Gasteiger partial charge >= 0.3 is 0 Å². The molecule has 1 aliphatic rings. The van der Waals surface area contributed by atoms with Crippen LogP contribution in [0.2, 0.25) is 10.0 Å². The summed E-state index contributed by atoms with van der Waals surface area (Å²) in [6, 6.07) is 15.6. The standard InChI is InChI=1S/C23H21Cl2N3O/c1-16-14-22(26-21-5-3-2-4-18(16)21)27-10-12-28(13-11-27)23(29)9-7-17-6-8-19(24)20(25)15-17/h2-9,14-15H,10-13H2,1H3/b9-7+. The lowest BCUT2D eigenvalue weighted by atomic mass is 10.1. The van der Waals surface area contributed by atoms with Crippen LogP contribution in [0.1, 0.15) is 11.1 Å². The van der Waals surface area contributed by atoms with E-state index >= 15 is 0 Å². The number of aryl methyl sites for hydroxylation is 1. The Hall–Kier alpha value is -2.56. The van der Waals surface area contributed by atoms with Crippen LogP contribution in [0, 0.1) is 6.92 Å². The van der Waals surface area contributed by atoms with Gasteiger partial charge in [-0.2, -0.15) is 0 Å². The summed E-state index contributed by atoms with van der Waals surface area (Å²) in [7, 11) is 0. The second-order valence-corrected chi connectivity index (χ2v) is 7.95. The van der Waals surface area contributed by atoms with Crippen molar-refractivity contribution in [2.24, 2.45) is 0 Å². The maximum atomic E-state index is 12.5. The van der Waals surface area contributed by atoms with Crippen molar-refractivity contribution < 1.29 is 4.79 Å². The number of amides is 1. The Morgan fingerprint density at radius 3 is 2.52 bits per heavy atom. The zero-order valence-electron chi connectivity index (χ0n) is 16.1. The van der Waals surface area contributed by atoms with Crippen molar-refractivity contribution in [3.8, 4) is 0 Å². The first kappa shape index (κ1) is 19.7. The van der Waals surface area contributed by atoms with Gasteiger partial charge in [-0.25, -0.2) is 4.98 Å². The lowest BCUT2D eigenvalue weighted by Gasteiger charge is -2.35. The average Bonchev–Trinajstić information content (AvgIpc) is 2.74. The number of hydrogen-bond donors (Lipinski definition) is 0. The Balaban J connectivity index is 1.40. The summed E-state index contributed by atoms with van der Waals surface area (Å²) < 4.78 is 0. The molecule has 0 radical (unpaired) electrons. The van der Waals surface area contributed by atoms with Gasteiger partial charge in [0, 0.05) is 37.6 Å². The molecule has 6 heteroatoms.